The van der Waals surface area contributed by atoms with E-state index in [2.05, 4.69) is 10.3 Å². The van der Waals surface area contributed by atoms with Gasteiger partial charge in [0.25, 0.3) is 0 Å². The number of carboxylic acid groups (broad SMARTS) is 1. The molecule has 19 heavy (non-hydrogen) atoms. The molecule has 4 nitrogen and oxygen atoms in total. The second kappa shape index (κ2) is 5.47. The molecule has 2 N–H and O–H groups in total. The van der Waals surface area contributed by atoms with Crippen molar-refractivity contribution in [1.82, 2.24) is 4.98 Å². The monoisotopic (exact) mass is 296 g/mol. The predicted octanol–water partition coefficient (Wildman–Crippen LogP) is 4.14. The van der Waals surface area contributed by atoms with E-state index >= 15 is 0 Å². The van der Waals surface area contributed by atoms with Gasteiger partial charge in [-0.25, -0.2) is 9.78 Å². The molecule has 98 valence electrons. The highest BCUT2D eigenvalue weighted by Gasteiger charge is 2.17. The van der Waals surface area contributed by atoms with E-state index in [9.17, 15) is 4.79 Å². The number of hydrogen-bond donors (Lipinski definition) is 2. The van der Waals surface area contributed by atoms with Crippen LogP contribution in [0, 0.1) is 6.92 Å². The summed E-state index contributed by atoms with van der Waals surface area (Å²) in [6, 6.07) is 7.47. The van der Waals surface area contributed by atoms with Crippen molar-refractivity contribution in [3.05, 3.63) is 51.8 Å². The van der Waals surface area contributed by atoms with Gasteiger partial charge in [-0.15, -0.1) is 0 Å². The van der Waals surface area contributed by atoms with Crippen molar-refractivity contribution < 1.29 is 9.90 Å². The van der Waals surface area contributed by atoms with Crippen molar-refractivity contribution >= 4 is 40.5 Å². The van der Waals surface area contributed by atoms with E-state index in [4.69, 9.17) is 28.3 Å². The molecular weight excluding hydrogens is 287 g/mol. The van der Waals surface area contributed by atoms with Crippen LogP contribution in [0.2, 0.25) is 10.2 Å². The quantitative estimate of drug-likeness (QED) is 0.836. The van der Waals surface area contributed by atoms with Gasteiger partial charge < -0.3 is 10.4 Å². The lowest BCUT2D eigenvalue weighted by atomic mass is 10.2. The number of rotatable bonds is 3. The van der Waals surface area contributed by atoms with E-state index in [0.717, 1.165) is 11.3 Å². The van der Waals surface area contributed by atoms with Gasteiger partial charge in [0.1, 0.15) is 15.7 Å². The van der Waals surface area contributed by atoms with Gasteiger partial charge in [-0.05, 0) is 24.6 Å². The number of aromatic nitrogens is 1. The minimum atomic E-state index is -1.12. The van der Waals surface area contributed by atoms with E-state index in [0.29, 0.717) is 0 Å². The van der Waals surface area contributed by atoms with Crippen molar-refractivity contribution in [3.63, 3.8) is 0 Å². The van der Waals surface area contributed by atoms with Crippen molar-refractivity contribution in [2.45, 2.75) is 6.92 Å². The van der Waals surface area contributed by atoms with Crippen LogP contribution >= 0.6 is 23.2 Å². The molecular formula is C13H10Cl2N2O2. The third kappa shape index (κ3) is 2.97. The van der Waals surface area contributed by atoms with Crippen molar-refractivity contribution in [3.8, 4) is 0 Å². The van der Waals surface area contributed by atoms with Crippen LogP contribution in [-0.2, 0) is 0 Å². The number of anilines is 2. The number of benzene rings is 1. The van der Waals surface area contributed by atoms with Gasteiger partial charge in [0, 0.05) is 11.9 Å². The first-order valence-corrected chi connectivity index (χ1v) is 6.15. The fraction of sp³-hybridized carbons (Fsp3) is 0.0769. The molecule has 0 aliphatic carbocycles. The second-order valence-corrected chi connectivity index (χ2v) is 4.69. The zero-order valence-electron chi connectivity index (χ0n) is 9.95. The fourth-order valence-electron chi connectivity index (χ4n) is 1.62. The van der Waals surface area contributed by atoms with Crippen molar-refractivity contribution in [1.29, 1.82) is 0 Å². The Kier molecular flexibility index (Phi) is 3.93. The minimum absolute atomic E-state index is 0.0316. The third-order valence-electron chi connectivity index (χ3n) is 2.49. The van der Waals surface area contributed by atoms with Crippen molar-refractivity contribution in [2.75, 3.05) is 5.32 Å². The smallest absolute Gasteiger partial charge is 0.339 e. The van der Waals surface area contributed by atoms with Crippen LogP contribution < -0.4 is 5.32 Å². The maximum Gasteiger partial charge on any atom is 0.339 e. The summed E-state index contributed by atoms with van der Waals surface area (Å²) < 4.78 is 0. The van der Waals surface area contributed by atoms with Crippen LogP contribution in [0.4, 0.5) is 11.4 Å². The SMILES string of the molecule is Cc1cccc(Nc2c(C(=O)O)cnc(Cl)c2Cl)c1. The molecule has 0 aliphatic rings. The normalized spacial score (nSPS) is 10.3. The largest absolute Gasteiger partial charge is 0.478 e. The third-order valence-corrected chi connectivity index (χ3v) is 3.25. The zero-order valence-corrected chi connectivity index (χ0v) is 11.5. The summed E-state index contributed by atoms with van der Waals surface area (Å²) in [5.41, 5.74) is 1.97. The lowest BCUT2D eigenvalue weighted by molar-refractivity contribution is 0.0697. The Morgan fingerprint density at radius 3 is 2.74 bits per heavy atom. The van der Waals surface area contributed by atoms with Crippen LogP contribution in [-0.4, -0.2) is 16.1 Å². The molecule has 0 spiro atoms. The Labute approximate surface area is 120 Å². The molecule has 1 heterocycles. The van der Waals surface area contributed by atoms with E-state index in [1.54, 1.807) is 0 Å². The molecule has 0 fully saturated rings. The molecule has 2 aromatic rings. The Morgan fingerprint density at radius 1 is 1.37 bits per heavy atom. The maximum absolute atomic E-state index is 11.2. The summed E-state index contributed by atoms with van der Waals surface area (Å²) in [5.74, 6) is -1.12. The molecule has 6 heteroatoms. The van der Waals surface area contributed by atoms with Crippen LogP contribution in [0.1, 0.15) is 15.9 Å². The first-order chi connectivity index (χ1) is 8.99. The molecule has 2 rings (SSSR count). The van der Waals surface area contributed by atoms with Crippen LogP contribution in [0.3, 0.4) is 0 Å². The summed E-state index contributed by atoms with van der Waals surface area (Å²) in [7, 11) is 0. The van der Waals surface area contributed by atoms with E-state index in [-0.39, 0.29) is 21.4 Å². The van der Waals surface area contributed by atoms with Gasteiger partial charge in [-0.2, -0.15) is 0 Å². The number of nitrogens with one attached hydrogen (secondary N) is 1. The lowest BCUT2D eigenvalue weighted by Gasteiger charge is -2.12. The first kappa shape index (κ1) is 13.6. The number of halogens is 2. The molecule has 0 saturated carbocycles. The van der Waals surface area contributed by atoms with Gasteiger partial charge in [0.2, 0.25) is 0 Å². The molecule has 0 atom stereocenters. The van der Waals surface area contributed by atoms with E-state index < -0.39 is 5.97 Å². The molecule has 0 amide bonds. The average Bonchev–Trinajstić information content (AvgIpc) is 2.35. The minimum Gasteiger partial charge on any atom is -0.478 e. The Morgan fingerprint density at radius 2 is 2.11 bits per heavy atom. The average molecular weight is 297 g/mol. The summed E-state index contributed by atoms with van der Waals surface area (Å²) in [6.07, 6.45) is 1.18. The van der Waals surface area contributed by atoms with Gasteiger partial charge >= 0.3 is 5.97 Å². The van der Waals surface area contributed by atoms with Crippen LogP contribution in [0.15, 0.2) is 30.5 Å². The number of aryl methyl sites for hydroxylation is 1. The highest BCUT2D eigenvalue weighted by atomic mass is 35.5. The predicted molar refractivity (Wildman–Crippen MR) is 75.7 cm³/mol. The number of carbonyl (C=O) groups is 1. The highest BCUT2D eigenvalue weighted by Crippen LogP contribution is 2.33. The summed E-state index contributed by atoms with van der Waals surface area (Å²) in [4.78, 5) is 14.9. The molecule has 0 saturated heterocycles. The fourth-order valence-corrected chi connectivity index (χ4v) is 1.96. The van der Waals surface area contributed by atoms with Crippen LogP contribution in [0.25, 0.3) is 0 Å². The Balaban J connectivity index is 2.49. The molecule has 0 unspecified atom stereocenters. The number of pyridine rings is 1. The van der Waals surface area contributed by atoms with E-state index in [1.807, 2.05) is 31.2 Å². The first-order valence-electron chi connectivity index (χ1n) is 5.40. The number of aromatic carboxylic acids is 1. The molecule has 1 aromatic heterocycles. The van der Waals surface area contributed by atoms with Gasteiger partial charge in [-0.3, -0.25) is 0 Å². The number of hydrogen-bond acceptors (Lipinski definition) is 3. The second-order valence-electron chi connectivity index (χ2n) is 3.95. The topological polar surface area (TPSA) is 62.2 Å². The summed E-state index contributed by atoms with van der Waals surface area (Å²) in [5, 5.41) is 12.2. The Hall–Kier alpha value is -1.78. The van der Waals surface area contributed by atoms with E-state index in [1.165, 1.54) is 6.20 Å². The van der Waals surface area contributed by atoms with Gasteiger partial charge in [-0.1, -0.05) is 35.3 Å². The standard InChI is InChI=1S/C13H10Cl2N2O2/c1-7-3-2-4-8(5-7)17-11-9(13(18)19)6-16-12(15)10(11)14/h2-6H,1H3,(H,16,17)(H,18,19). The van der Waals surface area contributed by atoms with Crippen molar-refractivity contribution in [2.24, 2.45) is 0 Å². The maximum atomic E-state index is 11.2. The summed E-state index contributed by atoms with van der Waals surface area (Å²) in [6.45, 7) is 1.93. The number of carboxylic acids is 1. The Bertz CT molecular complexity index is 645. The highest BCUT2D eigenvalue weighted by molar-refractivity contribution is 6.43. The van der Waals surface area contributed by atoms with Gasteiger partial charge in [0.15, 0.2) is 0 Å². The molecule has 0 aliphatic heterocycles. The van der Waals surface area contributed by atoms with Gasteiger partial charge in [0.05, 0.1) is 5.69 Å². The summed E-state index contributed by atoms with van der Waals surface area (Å²) >= 11 is 11.8. The molecule has 1 aromatic carbocycles. The van der Waals surface area contributed by atoms with Crippen LogP contribution in [0.5, 0.6) is 0 Å². The molecule has 0 bridgehead atoms. The molecule has 0 radical (unpaired) electrons. The zero-order chi connectivity index (χ0) is 14.0. The lowest BCUT2D eigenvalue weighted by Crippen LogP contribution is -2.05. The number of nitrogens with zero attached hydrogens (tertiary/aromatic N) is 1.